The van der Waals surface area contributed by atoms with Crippen LogP contribution < -0.4 is 10.6 Å². The van der Waals surface area contributed by atoms with Crippen molar-refractivity contribution in [2.24, 2.45) is 0 Å². The van der Waals surface area contributed by atoms with E-state index in [1.807, 2.05) is 37.5 Å². The zero-order valence-electron chi connectivity index (χ0n) is 15.8. The van der Waals surface area contributed by atoms with E-state index in [1.165, 1.54) is 0 Å². The maximum atomic E-state index is 12.7. The molecule has 0 radical (unpaired) electrons. The van der Waals surface area contributed by atoms with Crippen LogP contribution >= 0.6 is 0 Å². The number of hydrogen-bond acceptors (Lipinski definition) is 5. The highest BCUT2D eigenvalue weighted by atomic mass is 16.3. The Balaban J connectivity index is 1.75. The van der Waals surface area contributed by atoms with Crippen LogP contribution in [0, 0.1) is 0 Å². The van der Waals surface area contributed by atoms with Crippen molar-refractivity contribution < 1.29 is 9.90 Å². The highest BCUT2D eigenvalue weighted by molar-refractivity contribution is 5.92. The number of likely N-dealkylation sites (tertiary alicyclic amines) is 1. The largest absolute Gasteiger partial charge is 0.507 e. The third-order valence-electron chi connectivity index (χ3n) is 5.77. The van der Waals surface area contributed by atoms with Crippen molar-refractivity contribution in [1.29, 1.82) is 0 Å². The van der Waals surface area contributed by atoms with Gasteiger partial charge in [-0.2, -0.15) is 0 Å². The van der Waals surface area contributed by atoms with Crippen LogP contribution in [0.15, 0.2) is 30.5 Å². The number of phenols is 1. The first kappa shape index (κ1) is 17.8. The van der Waals surface area contributed by atoms with E-state index in [0.29, 0.717) is 19.0 Å². The highest BCUT2D eigenvalue weighted by Gasteiger charge is 2.35. The van der Waals surface area contributed by atoms with Gasteiger partial charge in [0.25, 0.3) is 0 Å². The maximum absolute atomic E-state index is 12.7. The number of aromatic nitrogens is 1. The van der Waals surface area contributed by atoms with Gasteiger partial charge in [0.2, 0.25) is 5.91 Å². The van der Waals surface area contributed by atoms with Gasteiger partial charge in [-0.1, -0.05) is 12.2 Å². The zero-order chi connectivity index (χ0) is 19.0. The summed E-state index contributed by atoms with van der Waals surface area (Å²) >= 11 is 0. The molecule has 1 saturated heterocycles. The Labute approximate surface area is 159 Å². The number of carbonyl (C=O) groups is 1. The van der Waals surface area contributed by atoms with Crippen LogP contribution in [0.4, 0.5) is 5.69 Å². The van der Waals surface area contributed by atoms with Crippen LogP contribution in [0.2, 0.25) is 0 Å². The minimum Gasteiger partial charge on any atom is -0.507 e. The standard InChI is InChI=1S/C21H26N4O2/c1-13-9-14-11-19(25(13)2)21(27)22-8-4-3-5-16-17-10-15(24-14)12-23-18(17)6-7-20(16)26/h3,5-7,10,12-14,19,24,26H,4,8-9,11H2,1-2H3,(H,22,27)/b5-3+/t13?,14?,19-/m0/s1. The second-order valence-corrected chi connectivity index (χ2v) is 7.61. The number of piperidine rings is 1. The Morgan fingerprint density at radius 2 is 2.15 bits per heavy atom. The number of nitrogens with zero attached hydrogens (tertiary/aromatic N) is 2. The second kappa shape index (κ2) is 7.19. The van der Waals surface area contributed by atoms with Crippen molar-refractivity contribution >= 4 is 28.6 Å². The number of carbonyl (C=O) groups excluding carboxylic acids is 1. The number of rotatable bonds is 0. The van der Waals surface area contributed by atoms with Crippen molar-refractivity contribution in [2.75, 3.05) is 18.9 Å². The fourth-order valence-electron chi connectivity index (χ4n) is 4.12. The zero-order valence-corrected chi connectivity index (χ0v) is 15.8. The van der Waals surface area contributed by atoms with Crippen molar-refractivity contribution in [1.82, 2.24) is 15.2 Å². The fraction of sp³-hybridized carbons (Fsp3) is 0.429. The quantitative estimate of drug-likeness (QED) is 0.668. The fourth-order valence-corrected chi connectivity index (χ4v) is 4.12. The number of likely N-dealkylation sites (N-methyl/N-ethyl adjacent to an activating group) is 1. The molecule has 2 aromatic rings. The molecule has 0 spiro atoms. The summed E-state index contributed by atoms with van der Waals surface area (Å²) < 4.78 is 0. The van der Waals surface area contributed by atoms with Gasteiger partial charge in [0.1, 0.15) is 5.75 Å². The summed E-state index contributed by atoms with van der Waals surface area (Å²) in [5.41, 5.74) is 2.54. The van der Waals surface area contributed by atoms with Gasteiger partial charge in [0, 0.05) is 29.6 Å². The average molecular weight is 366 g/mol. The number of aromatic hydroxyl groups is 1. The van der Waals surface area contributed by atoms with E-state index in [1.54, 1.807) is 6.07 Å². The van der Waals surface area contributed by atoms with Gasteiger partial charge >= 0.3 is 0 Å². The number of benzene rings is 1. The molecule has 0 aliphatic carbocycles. The number of hydrogen-bond donors (Lipinski definition) is 3. The van der Waals surface area contributed by atoms with Gasteiger partial charge in [0.05, 0.1) is 23.4 Å². The van der Waals surface area contributed by atoms with E-state index in [2.05, 4.69) is 27.4 Å². The van der Waals surface area contributed by atoms with Crippen molar-refractivity contribution in [2.45, 2.75) is 44.3 Å². The number of fused-ring (bicyclic) bond motifs is 3. The number of phenolic OH excluding ortho intramolecular Hbond substituents is 1. The Morgan fingerprint density at radius 3 is 3.00 bits per heavy atom. The number of pyridine rings is 1. The normalized spacial score (nSPS) is 27.6. The summed E-state index contributed by atoms with van der Waals surface area (Å²) in [4.78, 5) is 19.4. The molecule has 27 heavy (non-hydrogen) atoms. The summed E-state index contributed by atoms with van der Waals surface area (Å²) in [7, 11) is 2.03. The van der Waals surface area contributed by atoms with Crippen LogP contribution in [0.25, 0.3) is 17.0 Å². The molecule has 1 aromatic carbocycles. The lowest BCUT2D eigenvalue weighted by Gasteiger charge is -2.41. The SMILES string of the molecule is CC1CC2C[C@@H](C(=O)NCC/C=C/c3c(O)ccc4ncc(cc34)N2)N1C. The molecule has 3 N–H and O–H groups in total. The Kier molecular flexibility index (Phi) is 4.74. The molecule has 2 aliphatic heterocycles. The lowest BCUT2D eigenvalue weighted by molar-refractivity contribution is -0.128. The predicted octanol–water partition coefficient (Wildman–Crippen LogP) is 2.74. The summed E-state index contributed by atoms with van der Waals surface area (Å²) in [6.45, 7) is 2.75. The van der Waals surface area contributed by atoms with Crippen LogP contribution in [0.5, 0.6) is 5.75 Å². The van der Waals surface area contributed by atoms with Crippen molar-refractivity contribution in [3.05, 3.63) is 36.0 Å². The van der Waals surface area contributed by atoms with Crippen LogP contribution in [-0.2, 0) is 4.79 Å². The molecular formula is C21H26N4O2. The maximum Gasteiger partial charge on any atom is 0.237 e. The second-order valence-electron chi connectivity index (χ2n) is 7.61. The number of nitrogens with one attached hydrogen (secondary N) is 2. The lowest BCUT2D eigenvalue weighted by atomic mass is 9.91. The van der Waals surface area contributed by atoms with Gasteiger partial charge < -0.3 is 15.7 Å². The van der Waals surface area contributed by atoms with Crippen LogP contribution in [0.1, 0.15) is 31.7 Å². The summed E-state index contributed by atoms with van der Waals surface area (Å²) in [5, 5.41) is 17.9. The predicted molar refractivity (Wildman–Crippen MR) is 108 cm³/mol. The van der Waals surface area contributed by atoms with E-state index in [-0.39, 0.29) is 23.7 Å². The topological polar surface area (TPSA) is 77.5 Å². The molecule has 4 bridgehead atoms. The molecule has 0 saturated carbocycles. The smallest absolute Gasteiger partial charge is 0.237 e. The molecule has 1 amide bonds. The first-order chi connectivity index (χ1) is 13.0. The van der Waals surface area contributed by atoms with Gasteiger partial charge in [-0.05, 0) is 51.4 Å². The van der Waals surface area contributed by atoms with E-state index >= 15 is 0 Å². The van der Waals surface area contributed by atoms with Crippen molar-refractivity contribution in [3.63, 3.8) is 0 Å². The first-order valence-corrected chi connectivity index (χ1v) is 9.57. The number of amides is 1. The molecule has 6 nitrogen and oxygen atoms in total. The summed E-state index contributed by atoms with van der Waals surface area (Å²) in [6, 6.07) is 5.94. The number of anilines is 1. The Morgan fingerprint density at radius 1 is 1.30 bits per heavy atom. The Hall–Kier alpha value is -2.60. The minimum atomic E-state index is -0.133. The average Bonchev–Trinajstić information content (AvgIpc) is 2.65. The molecule has 2 unspecified atom stereocenters. The first-order valence-electron chi connectivity index (χ1n) is 9.57. The van der Waals surface area contributed by atoms with Crippen molar-refractivity contribution in [3.8, 4) is 5.75 Å². The molecule has 142 valence electrons. The minimum absolute atomic E-state index is 0.0816. The van der Waals surface area contributed by atoms with Crippen LogP contribution in [-0.4, -0.2) is 52.6 Å². The third-order valence-corrected chi connectivity index (χ3v) is 5.77. The van der Waals surface area contributed by atoms with E-state index in [0.717, 1.165) is 35.0 Å². The van der Waals surface area contributed by atoms with Gasteiger partial charge in [-0.25, -0.2) is 0 Å². The summed E-state index contributed by atoms with van der Waals surface area (Å²) in [6.07, 6.45) is 8.16. The van der Waals surface area contributed by atoms with E-state index in [9.17, 15) is 9.90 Å². The summed E-state index contributed by atoms with van der Waals surface area (Å²) in [5.74, 6) is 0.319. The van der Waals surface area contributed by atoms with E-state index < -0.39 is 0 Å². The molecule has 3 heterocycles. The van der Waals surface area contributed by atoms with Gasteiger partial charge in [0.15, 0.2) is 0 Å². The lowest BCUT2D eigenvalue weighted by Crippen LogP contribution is -2.55. The molecular weight excluding hydrogens is 340 g/mol. The Bertz CT molecular complexity index is 895. The molecule has 4 rings (SSSR count). The molecule has 1 fully saturated rings. The molecule has 3 atom stereocenters. The highest BCUT2D eigenvalue weighted by Crippen LogP contribution is 2.31. The molecule has 6 heteroatoms. The van der Waals surface area contributed by atoms with Crippen LogP contribution in [0.3, 0.4) is 0 Å². The van der Waals surface area contributed by atoms with E-state index in [4.69, 9.17) is 0 Å². The van der Waals surface area contributed by atoms with Gasteiger partial charge in [-0.3, -0.25) is 14.7 Å². The van der Waals surface area contributed by atoms with Gasteiger partial charge in [-0.15, -0.1) is 0 Å². The third kappa shape index (κ3) is 3.49. The monoisotopic (exact) mass is 366 g/mol. The molecule has 1 aromatic heterocycles. The molecule has 2 aliphatic rings.